The Labute approximate surface area is 149 Å². The largest absolute Gasteiger partial charge is 0.342 e. The molecule has 136 valence electrons. The summed E-state index contributed by atoms with van der Waals surface area (Å²) in [5, 5.41) is 2.94. The smallest absolute Gasteiger partial charge is 0.321 e. The second kappa shape index (κ2) is 8.34. The number of rotatable bonds is 3. The molecule has 1 aromatic carbocycles. The fourth-order valence-electron chi connectivity index (χ4n) is 3.38. The molecule has 1 N–H and O–H groups in total. The van der Waals surface area contributed by atoms with Gasteiger partial charge in [0.1, 0.15) is 0 Å². The molecule has 0 atom stereocenters. The molecule has 0 spiro atoms. The summed E-state index contributed by atoms with van der Waals surface area (Å²) in [4.78, 5) is 30.7. The monoisotopic (exact) mass is 344 g/mol. The van der Waals surface area contributed by atoms with E-state index < -0.39 is 0 Å². The van der Waals surface area contributed by atoms with Gasteiger partial charge in [0.25, 0.3) is 0 Å². The fourth-order valence-corrected chi connectivity index (χ4v) is 3.38. The summed E-state index contributed by atoms with van der Waals surface area (Å²) in [6, 6.07) is 7.74. The minimum Gasteiger partial charge on any atom is -0.342 e. The summed E-state index contributed by atoms with van der Waals surface area (Å²) in [5.74, 6) is 0.234. The molecule has 6 heteroatoms. The number of piperazine rings is 1. The molecule has 2 saturated heterocycles. The molecule has 0 aliphatic carbocycles. The lowest BCUT2D eigenvalue weighted by Crippen LogP contribution is -2.52. The third-order valence-corrected chi connectivity index (χ3v) is 5.03. The van der Waals surface area contributed by atoms with Crippen molar-refractivity contribution in [2.24, 2.45) is 0 Å². The molecule has 3 rings (SSSR count). The first-order valence-corrected chi connectivity index (χ1v) is 9.24. The van der Waals surface area contributed by atoms with Crippen LogP contribution >= 0.6 is 0 Å². The lowest BCUT2D eigenvalue weighted by atomic mass is 10.1. The molecular weight excluding hydrogens is 316 g/mol. The van der Waals surface area contributed by atoms with Gasteiger partial charge >= 0.3 is 6.03 Å². The Morgan fingerprint density at radius 1 is 0.880 bits per heavy atom. The zero-order valence-electron chi connectivity index (χ0n) is 15.0. The summed E-state index contributed by atoms with van der Waals surface area (Å²) >= 11 is 0. The van der Waals surface area contributed by atoms with E-state index in [1.165, 1.54) is 12.0 Å². The molecular formula is C19H28N4O2. The standard InChI is InChI=1S/C19H28N4O2/c1-16-5-7-17(8-6-16)20-19(25)23-13-11-21(12-14-23)15-18(24)22-9-3-2-4-10-22/h5-8H,2-4,9-15H2,1H3,(H,20,25). The highest BCUT2D eigenvalue weighted by atomic mass is 16.2. The first kappa shape index (κ1) is 17.7. The number of carbonyl (C=O) groups is 2. The fraction of sp³-hybridized carbons (Fsp3) is 0.579. The second-order valence-electron chi connectivity index (χ2n) is 7.00. The average molecular weight is 344 g/mol. The van der Waals surface area contributed by atoms with E-state index in [2.05, 4.69) is 10.2 Å². The third-order valence-electron chi connectivity index (χ3n) is 5.03. The van der Waals surface area contributed by atoms with Gasteiger partial charge in [0.15, 0.2) is 0 Å². The second-order valence-corrected chi connectivity index (χ2v) is 7.00. The average Bonchev–Trinajstić information content (AvgIpc) is 2.65. The van der Waals surface area contributed by atoms with Crippen LogP contribution in [-0.2, 0) is 4.79 Å². The maximum Gasteiger partial charge on any atom is 0.321 e. The van der Waals surface area contributed by atoms with Gasteiger partial charge in [-0.05, 0) is 38.3 Å². The molecule has 2 heterocycles. The number of carbonyl (C=O) groups excluding carboxylic acids is 2. The SMILES string of the molecule is Cc1ccc(NC(=O)N2CCN(CC(=O)N3CCCCC3)CC2)cc1. The van der Waals surface area contributed by atoms with E-state index in [4.69, 9.17) is 0 Å². The highest BCUT2D eigenvalue weighted by Crippen LogP contribution is 2.12. The van der Waals surface area contributed by atoms with E-state index in [1.54, 1.807) is 0 Å². The van der Waals surface area contributed by atoms with Crippen molar-refractivity contribution in [3.63, 3.8) is 0 Å². The Balaban J connectivity index is 1.42. The molecule has 3 amide bonds. The Bertz CT molecular complexity index is 588. The lowest BCUT2D eigenvalue weighted by Gasteiger charge is -2.36. The predicted molar refractivity (Wildman–Crippen MR) is 98.6 cm³/mol. The first-order chi connectivity index (χ1) is 12.1. The predicted octanol–water partition coefficient (Wildman–Crippen LogP) is 2.16. The number of amides is 3. The van der Waals surface area contributed by atoms with Crippen LogP contribution in [-0.4, -0.2) is 72.5 Å². The summed E-state index contributed by atoms with van der Waals surface area (Å²) in [6.07, 6.45) is 3.48. The molecule has 25 heavy (non-hydrogen) atoms. The Hall–Kier alpha value is -2.08. The van der Waals surface area contributed by atoms with Crippen LogP contribution in [0.5, 0.6) is 0 Å². The number of nitrogens with zero attached hydrogens (tertiary/aromatic N) is 3. The zero-order valence-corrected chi connectivity index (χ0v) is 15.0. The molecule has 0 bridgehead atoms. The van der Waals surface area contributed by atoms with Crippen molar-refractivity contribution in [3.8, 4) is 0 Å². The Morgan fingerprint density at radius 2 is 1.52 bits per heavy atom. The highest BCUT2D eigenvalue weighted by molar-refractivity contribution is 5.89. The van der Waals surface area contributed by atoms with Gasteiger partial charge in [-0.1, -0.05) is 17.7 Å². The van der Waals surface area contributed by atoms with Crippen molar-refractivity contribution in [1.29, 1.82) is 0 Å². The van der Waals surface area contributed by atoms with E-state index in [0.29, 0.717) is 19.6 Å². The maximum absolute atomic E-state index is 12.3. The van der Waals surface area contributed by atoms with Crippen molar-refractivity contribution in [2.75, 3.05) is 51.1 Å². The molecule has 0 unspecified atom stereocenters. The number of hydrogen-bond acceptors (Lipinski definition) is 3. The van der Waals surface area contributed by atoms with Gasteiger partial charge in [0.2, 0.25) is 5.91 Å². The summed E-state index contributed by atoms with van der Waals surface area (Å²) < 4.78 is 0. The molecule has 2 aliphatic rings. The molecule has 0 aromatic heterocycles. The van der Waals surface area contributed by atoms with Gasteiger partial charge < -0.3 is 15.1 Å². The summed E-state index contributed by atoms with van der Waals surface area (Å²) in [6.45, 7) is 7.12. The van der Waals surface area contributed by atoms with Crippen molar-refractivity contribution in [1.82, 2.24) is 14.7 Å². The summed E-state index contributed by atoms with van der Waals surface area (Å²) in [7, 11) is 0. The van der Waals surface area contributed by atoms with Gasteiger partial charge in [-0.15, -0.1) is 0 Å². The number of urea groups is 1. The normalized spacial score (nSPS) is 18.9. The van der Waals surface area contributed by atoms with Crippen LogP contribution in [0, 0.1) is 6.92 Å². The molecule has 2 fully saturated rings. The molecule has 6 nitrogen and oxygen atoms in total. The van der Waals surface area contributed by atoms with E-state index in [9.17, 15) is 9.59 Å². The van der Waals surface area contributed by atoms with Crippen LogP contribution < -0.4 is 5.32 Å². The number of nitrogens with one attached hydrogen (secondary N) is 1. The van der Waals surface area contributed by atoms with E-state index in [1.807, 2.05) is 41.0 Å². The van der Waals surface area contributed by atoms with Crippen molar-refractivity contribution in [2.45, 2.75) is 26.2 Å². The van der Waals surface area contributed by atoms with Gasteiger partial charge in [-0.2, -0.15) is 0 Å². The molecule has 0 saturated carbocycles. The van der Waals surface area contributed by atoms with Crippen LogP contribution in [0.25, 0.3) is 0 Å². The number of likely N-dealkylation sites (tertiary alicyclic amines) is 1. The maximum atomic E-state index is 12.3. The highest BCUT2D eigenvalue weighted by Gasteiger charge is 2.24. The van der Waals surface area contributed by atoms with Crippen molar-refractivity contribution < 1.29 is 9.59 Å². The molecule has 2 aliphatic heterocycles. The van der Waals surface area contributed by atoms with Crippen LogP contribution in [0.4, 0.5) is 10.5 Å². The number of anilines is 1. The number of hydrogen-bond donors (Lipinski definition) is 1. The number of piperidine rings is 1. The van der Waals surface area contributed by atoms with Gasteiger partial charge in [0, 0.05) is 45.0 Å². The number of aryl methyl sites for hydroxylation is 1. The lowest BCUT2D eigenvalue weighted by molar-refractivity contribution is -0.133. The van der Waals surface area contributed by atoms with Crippen LogP contribution in [0.1, 0.15) is 24.8 Å². The third kappa shape index (κ3) is 4.95. The van der Waals surface area contributed by atoms with Crippen LogP contribution in [0.2, 0.25) is 0 Å². The summed E-state index contributed by atoms with van der Waals surface area (Å²) in [5.41, 5.74) is 1.99. The minimum atomic E-state index is -0.0640. The van der Waals surface area contributed by atoms with Gasteiger partial charge in [-0.3, -0.25) is 9.69 Å². The Kier molecular flexibility index (Phi) is 5.91. The number of benzene rings is 1. The quantitative estimate of drug-likeness (QED) is 0.914. The molecule has 1 aromatic rings. The van der Waals surface area contributed by atoms with E-state index in [-0.39, 0.29) is 11.9 Å². The van der Waals surface area contributed by atoms with Gasteiger partial charge in [0.05, 0.1) is 6.54 Å². The first-order valence-electron chi connectivity index (χ1n) is 9.24. The van der Waals surface area contributed by atoms with Crippen molar-refractivity contribution in [3.05, 3.63) is 29.8 Å². The topological polar surface area (TPSA) is 55.9 Å². The van der Waals surface area contributed by atoms with Crippen LogP contribution in [0.3, 0.4) is 0 Å². The van der Waals surface area contributed by atoms with Crippen molar-refractivity contribution >= 4 is 17.6 Å². The van der Waals surface area contributed by atoms with Crippen LogP contribution in [0.15, 0.2) is 24.3 Å². The van der Waals surface area contributed by atoms with Gasteiger partial charge in [-0.25, -0.2) is 4.79 Å². The Morgan fingerprint density at radius 3 is 2.16 bits per heavy atom. The minimum absolute atomic E-state index is 0.0640. The van der Waals surface area contributed by atoms with E-state index in [0.717, 1.165) is 44.7 Å². The molecule has 0 radical (unpaired) electrons. The van der Waals surface area contributed by atoms with E-state index >= 15 is 0 Å². The zero-order chi connectivity index (χ0) is 17.6.